The fraction of sp³-hybridized carbons (Fsp3) is 0.684. The Kier molecular flexibility index (Phi) is 7.24. The minimum atomic E-state index is -1.65. The van der Waals surface area contributed by atoms with Gasteiger partial charge in [-0.2, -0.15) is 0 Å². The summed E-state index contributed by atoms with van der Waals surface area (Å²) in [5.74, 6) is 0. The van der Waals surface area contributed by atoms with Crippen molar-refractivity contribution in [3.8, 4) is 0 Å². The summed E-state index contributed by atoms with van der Waals surface area (Å²) < 4.78 is 28.1. The van der Waals surface area contributed by atoms with Gasteiger partial charge in [0.05, 0.1) is 13.2 Å². The Morgan fingerprint density at radius 2 is 1.75 bits per heavy atom. The molecule has 0 radical (unpaired) electrons. The van der Waals surface area contributed by atoms with Crippen LogP contribution in [0, 0.1) is 0 Å². The third-order valence-electron chi connectivity index (χ3n) is 5.70. The molecule has 13 nitrogen and oxygen atoms in total. The van der Waals surface area contributed by atoms with E-state index in [1.165, 1.54) is 0 Å². The van der Waals surface area contributed by atoms with E-state index < -0.39 is 74.2 Å². The van der Waals surface area contributed by atoms with Crippen molar-refractivity contribution in [2.24, 2.45) is 5.11 Å². The highest BCUT2D eigenvalue weighted by molar-refractivity contribution is 5.16. The first-order valence-electron chi connectivity index (χ1n) is 10.1. The summed E-state index contributed by atoms with van der Waals surface area (Å²) in [4.78, 5) is 2.53. The Hall–Kier alpha value is -1.87. The number of hydrogen-bond acceptors (Lipinski definition) is 11. The molecule has 3 aliphatic rings. The zero-order valence-electron chi connectivity index (χ0n) is 16.8. The highest BCUT2D eigenvalue weighted by atomic mass is 16.8. The number of benzene rings is 1. The molecule has 1 aromatic rings. The van der Waals surface area contributed by atoms with Crippen molar-refractivity contribution in [3.05, 3.63) is 46.3 Å². The van der Waals surface area contributed by atoms with Crippen LogP contribution in [0.4, 0.5) is 0 Å². The monoisotopic (exact) mass is 455 g/mol. The van der Waals surface area contributed by atoms with Crippen LogP contribution in [0.15, 0.2) is 35.4 Å². The molecule has 3 heterocycles. The third-order valence-corrected chi connectivity index (χ3v) is 5.70. The van der Waals surface area contributed by atoms with Crippen molar-refractivity contribution in [1.29, 1.82) is 0 Å². The summed E-state index contributed by atoms with van der Waals surface area (Å²) in [5.41, 5.74) is 9.30. The van der Waals surface area contributed by atoms with Gasteiger partial charge in [-0.3, -0.25) is 0 Å². The topological polar surface area (TPSA) is 196 Å². The van der Waals surface area contributed by atoms with Gasteiger partial charge in [0, 0.05) is 10.5 Å². The fourth-order valence-corrected chi connectivity index (χ4v) is 4.01. The second kappa shape index (κ2) is 9.95. The lowest BCUT2D eigenvalue weighted by Crippen LogP contribution is -2.65. The molecule has 32 heavy (non-hydrogen) atoms. The fourth-order valence-electron chi connectivity index (χ4n) is 4.01. The SMILES string of the molecule is [N-]=[N+]=N[C@@H]1O[C@H](CO)[C@@H](O[C@@H]2O[C@@H]3CO[C@@H](c4ccccc4)O[C@H]3[C@H](O)[C@H]2O)[C@H](O)[C@H]1O. The normalized spacial score (nSPS) is 44.3. The second-order valence-electron chi connectivity index (χ2n) is 7.74. The van der Waals surface area contributed by atoms with Gasteiger partial charge in [-0.25, -0.2) is 0 Å². The Morgan fingerprint density at radius 1 is 1.00 bits per heavy atom. The van der Waals surface area contributed by atoms with E-state index in [-0.39, 0.29) is 6.61 Å². The Morgan fingerprint density at radius 3 is 2.44 bits per heavy atom. The molecule has 0 aliphatic carbocycles. The van der Waals surface area contributed by atoms with E-state index in [2.05, 4.69) is 10.0 Å². The summed E-state index contributed by atoms with van der Waals surface area (Å²) in [6.07, 6.45) is -14.2. The van der Waals surface area contributed by atoms with Crippen molar-refractivity contribution in [2.75, 3.05) is 13.2 Å². The zero-order chi connectivity index (χ0) is 22.8. The van der Waals surface area contributed by atoms with E-state index in [9.17, 15) is 25.5 Å². The number of azide groups is 1. The number of aliphatic hydroxyl groups excluding tert-OH is 5. The van der Waals surface area contributed by atoms with Crippen LogP contribution in [0.1, 0.15) is 11.9 Å². The van der Waals surface area contributed by atoms with Gasteiger partial charge in [0.25, 0.3) is 0 Å². The molecule has 176 valence electrons. The van der Waals surface area contributed by atoms with E-state index in [0.29, 0.717) is 0 Å². The number of aliphatic hydroxyl groups is 5. The maximum Gasteiger partial charge on any atom is 0.187 e. The van der Waals surface area contributed by atoms with Crippen LogP contribution in [0.2, 0.25) is 0 Å². The molecular formula is C19H25N3O10. The zero-order valence-corrected chi connectivity index (χ0v) is 16.8. The molecule has 5 N–H and O–H groups in total. The van der Waals surface area contributed by atoms with Crippen LogP contribution < -0.4 is 0 Å². The first-order valence-corrected chi connectivity index (χ1v) is 10.1. The summed E-state index contributed by atoms with van der Waals surface area (Å²) >= 11 is 0. The van der Waals surface area contributed by atoms with Gasteiger partial charge in [0.1, 0.15) is 48.8 Å². The molecule has 0 spiro atoms. The number of hydrogen-bond donors (Lipinski definition) is 5. The van der Waals surface area contributed by atoms with Crippen molar-refractivity contribution in [2.45, 2.75) is 67.6 Å². The first kappa shape index (κ1) is 23.3. The van der Waals surface area contributed by atoms with Crippen molar-refractivity contribution in [1.82, 2.24) is 0 Å². The molecule has 3 saturated heterocycles. The predicted molar refractivity (Wildman–Crippen MR) is 102 cm³/mol. The van der Waals surface area contributed by atoms with Crippen LogP contribution in [0.3, 0.4) is 0 Å². The first-order chi connectivity index (χ1) is 15.4. The van der Waals surface area contributed by atoms with E-state index in [1.54, 1.807) is 12.1 Å². The molecule has 0 amide bonds. The highest BCUT2D eigenvalue weighted by Gasteiger charge is 2.52. The molecular weight excluding hydrogens is 430 g/mol. The Bertz CT molecular complexity index is 808. The van der Waals surface area contributed by atoms with Crippen LogP contribution >= 0.6 is 0 Å². The van der Waals surface area contributed by atoms with Gasteiger partial charge >= 0.3 is 0 Å². The number of ether oxygens (including phenoxy) is 5. The highest BCUT2D eigenvalue weighted by Crippen LogP contribution is 2.35. The predicted octanol–water partition coefficient (Wildman–Crippen LogP) is -1.32. The summed E-state index contributed by atoms with van der Waals surface area (Å²) in [5, 5.41) is 54.6. The van der Waals surface area contributed by atoms with E-state index in [0.717, 1.165) is 5.56 Å². The summed E-state index contributed by atoms with van der Waals surface area (Å²) in [6.45, 7) is -0.614. The molecule has 4 rings (SSSR count). The molecule has 13 heteroatoms. The molecule has 3 aliphatic heterocycles. The average molecular weight is 455 g/mol. The van der Waals surface area contributed by atoms with E-state index in [4.69, 9.17) is 29.2 Å². The largest absolute Gasteiger partial charge is 0.394 e. The van der Waals surface area contributed by atoms with Gasteiger partial charge in [0.2, 0.25) is 0 Å². The molecule has 11 atom stereocenters. The maximum atomic E-state index is 10.7. The lowest BCUT2D eigenvalue weighted by Gasteiger charge is -2.48. The maximum absolute atomic E-state index is 10.7. The van der Waals surface area contributed by atoms with Gasteiger partial charge in [-0.1, -0.05) is 35.4 Å². The second-order valence-corrected chi connectivity index (χ2v) is 7.74. The molecule has 1 aromatic carbocycles. The average Bonchev–Trinajstić information content (AvgIpc) is 2.82. The Balaban J connectivity index is 1.44. The molecule has 0 saturated carbocycles. The number of nitrogens with zero attached hydrogens (tertiary/aromatic N) is 3. The van der Waals surface area contributed by atoms with E-state index in [1.807, 2.05) is 18.2 Å². The molecule has 0 unspecified atom stereocenters. The third kappa shape index (κ3) is 4.46. The van der Waals surface area contributed by atoms with Gasteiger partial charge < -0.3 is 49.2 Å². The molecule has 0 bridgehead atoms. The van der Waals surface area contributed by atoms with Gasteiger partial charge in [0.15, 0.2) is 18.8 Å². The quantitative estimate of drug-likeness (QED) is 0.202. The van der Waals surface area contributed by atoms with E-state index >= 15 is 0 Å². The lowest BCUT2D eigenvalue weighted by molar-refractivity contribution is -0.378. The van der Waals surface area contributed by atoms with Crippen molar-refractivity contribution in [3.63, 3.8) is 0 Å². The minimum absolute atomic E-state index is 0.0304. The van der Waals surface area contributed by atoms with Crippen LogP contribution in [0.25, 0.3) is 10.4 Å². The van der Waals surface area contributed by atoms with Crippen molar-refractivity contribution < 1.29 is 49.2 Å². The van der Waals surface area contributed by atoms with Crippen LogP contribution in [-0.2, 0) is 23.7 Å². The summed E-state index contributed by atoms with van der Waals surface area (Å²) in [6, 6.07) is 9.08. The number of rotatable bonds is 5. The van der Waals surface area contributed by atoms with Crippen LogP contribution in [-0.4, -0.2) is 100 Å². The van der Waals surface area contributed by atoms with Crippen molar-refractivity contribution >= 4 is 0 Å². The standard InChI is InChI=1S/C19H25N3O10/c20-22-21-17-13(26)11(24)15(9(6-23)29-17)32-19-14(27)12(25)16-10(30-19)7-28-18(31-16)8-4-2-1-3-5-8/h1-5,9-19,23-27H,6-7H2/t9-,10-,11-,12-,13-,14-,15-,16-,17-,18-,19+/m1/s1. The summed E-state index contributed by atoms with van der Waals surface area (Å²) in [7, 11) is 0. The molecule has 0 aromatic heterocycles. The lowest BCUT2D eigenvalue weighted by atomic mass is 9.96. The molecule has 3 fully saturated rings. The Labute approximate surface area is 182 Å². The van der Waals surface area contributed by atoms with Crippen LogP contribution in [0.5, 0.6) is 0 Å². The van der Waals surface area contributed by atoms with Gasteiger partial charge in [-0.15, -0.1) is 0 Å². The smallest absolute Gasteiger partial charge is 0.187 e. The number of fused-ring (bicyclic) bond motifs is 1. The minimum Gasteiger partial charge on any atom is -0.394 e. The van der Waals surface area contributed by atoms with Gasteiger partial charge in [-0.05, 0) is 5.53 Å².